The molecule has 0 unspecified atom stereocenters. The van der Waals surface area contributed by atoms with E-state index in [9.17, 15) is 22.8 Å². The lowest BCUT2D eigenvalue weighted by molar-refractivity contribution is -0.142. The fraction of sp³-hybridized carbons (Fsp3) is 0.433. The molecule has 0 aliphatic carbocycles. The fourth-order valence-corrected chi connectivity index (χ4v) is 7.10. The third kappa shape index (κ3) is 5.73. The van der Waals surface area contributed by atoms with Crippen LogP contribution in [0.2, 0.25) is 0 Å². The number of hydrogen-bond acceptors (Lipinski definition) is 5. The zero-order chi connectivity index (χ0) is 29.7. The molecule has 2 fully saturated rings. The van der Waals surface area contributed by atoms with Crippen molar-refractivity contribution in [2.75, 3.05) is 19.6 Å². The smallest absolute Gasteiger partial charge is 0.268 e. The van der Waals surface area contributed by atoms with Gasteiger partial charge in [0.1, 0.15) is 11.7 Å². The van der Waals surface area contributed by atoms with Crippen LogP contribution in [0, 0.1) is 19.3 Å². The van der Waals surface area contributed by atoms with Crippen LogP contribution in [0.1, 0.15) is 48.8 Å². The SMILES string of the molecule is Cc1ccc(C)c(S(=O)(=O)NCC(=O)N2C[C@@H]3C[C@H]2CN3C(=O)[C@@H](NC(=O)c2cc3ccccc3[nH]2)C(C)(C)C)c1. The van der Waals surface area contributed by atoms with Crippen molar-refractivity contribution in [2.45, 2.75) is 64.1 Å². The summed E-state index contributed by atoms with van der Waals surface area (Å²) in [5, 5.41) is 3.86. The highest BCUT2D eigenvalue weighted by molar-refractivity contribution is 7.89. The Morgan fingerprint density at radius 2 is 1.68 bits per heavy atom. The number of aryl methyl sites for hydroxylation is 2. The van der Waals surface area contributed by atoms with E-state index in [1.165, 1.54) is 0 Å². The number of piperazine rings is 1. The first kappa shape index (κ1) is 28.8. The highest BCUT2D eigenvalue weighted by atomic mass is 32.2. The normalized spacial score (nSPS) is 19.5. The minimum absolute atomic E-state index is 0.160. The van der Waals surface area contributed by atoms with Crippen molar-refractivity contribution in [1.29, 1.82) is 0 Å². The van der Waals surface area contributed by atoms with Crippen molar-refractivity contribution in [3.05, 3.63) is 65.4 Å². The number of para-hydroxylation sites is 1. The molecular weight excluding hydrogens is 542 g/mol. The van der Waals surface area contributed by atoms with E-state index in [0.29, 0.717) is 30.8 Å². The topological polar surface area (TPSA) is 132 Å². The highest BCUT2D eigenvalue weighted by Crippen LogP contribution is 2.33. The monoisotopic (exact) mass is 579 g/mol. The van der Waals surface area contributed by atoms with Crippen LogP contribution in [0.4, 0.5) is 0 Å². The Kier molecular flexibility index (Phi) is 7.46. The molecule has 1 aromatic heterocycles. The van der Waals surface area contributed by atoms with E-state index in [4.69, 9.17) is 0 Å². The Bertz CT molecular complexity index is 1590. The van der Waals surface area contributed by atoms with Gasteiger partial charge >= 0.3 is 0 Å². The van der Waals surface area contributed by atoms with Crippen LogP contribution in [-0.2, 0) is 19.6 Å². The van der Waals surface area contributed by atoms with Crippen molar-refractivity contribution in [3.63, 3.8) is 0 Å². The number of sulfonamides is 1. The molecule has 3 aromatic rings. The van der Waals surface area contributed by atoms with E-state index in [2.05, 4.69) is 15.0 Å². The number of fused-ring (bicyclic) bond motifs is 3. The molecular formula is C30H37N5O5S. The third-order valence-electron chi connectivity index (χ3n) is 8.05. The maximum Gasteiger partial charge on any atom is 0.268 e. The van der Waals surface area contributed by atoms with Gasteiger partial charge in [-0.25, -0.2) is 13.1 Å². The van der Waals surface area contributed by atoms with E-state index in [-0.39, 0.29) is 41.2 Å². The minimum Gasteiger partial charge on any atom is -0.351 e. The molecule has 0 saturated carbocycles. The first-order valence-electron chi connectivity index (χ1n) is 13.8. The summed E-state index contributed by atoms with van der Waals surface area (Å²) in [5.74, 6) is -0.859. The molecule has 3 atom stereocenters. The summed E-state index contributed by atoms with van der Waals surface area (Å²) >= 11 is 0. The zero-order valence-electron chi connectivity index (χ0n) is 24.0. The first-order chi connectivity index (χ1) is 19.2. The van der Waals surface area contributed by atoms with Crippen LogP contribution < -0.4 is 10.0 Å². The number of aromatic nitrogens is 1. The van der Waals surface area contributed by atoms with E-state index in [0.717, 1.165) is 16.5 Å². The largest absolute Gasteiger partial charge is 0.351 e. The van der Waals surface area contributed by atoms with Crippen LogP contribution in [0.25, 0.3) is 10.9 Å². The van der Waals surface area contributed by atoms with E-state index >= 15 is 0 Å². The molecule has 5 rings (SSSR count). The predicted octanol–water partition coefficient (Wildman–Crippen LogP) is 2.72. The van der Waals surface area contributed by atoms with Gasteiger partial charge in [0.05, 0.1) is 23.5 Å². The second kappa shape index (κ2) is 10.6. The van der Waals surface area contributed by atoms with Gasteiger partial charge in [-0.05, 0) is 55.0 Å². The molecule has 0 radical (unpaired) electrons. The van der Waals surface area contributed by atoms with E-state index in [1.54, 1.807) is 34.9 Å². The van der Waals surface area contributed by atoms with Gasteiger partial charge in [0.25, 0.3) is 5.91 Å². The quantitative estimate of drug-likeness (QED) is 0.396. The molecule has 10 nitrogen and oxygen atoms in total. The lowest BCUT2D eigenvalue weighted by Crippen LogP contribution is -2.59. The summed E-state index contributed by atoms with van der Waals surface area (Å²) in [6.45, 7) is 9.58. The second-order valence-corrected chi connectivity index (χ2v) is 14.0. The zero-order valence-corrected chi connectivity index (χ0v) is 24.8. The number of carbonyl (C=O) groups is 3. The van der Waals surface area contributed by atoms with Crippen molar-refractivity contribution < 1.29 is 22.8 Å². The van der Waals surface area contributed by atoms with Gasteiger partial charge in [-0.3, -0.25) is 14.4 Å². The van der Waals surface area contributed by atoms with Crippen molar-refractivity contribution in [1.82, 2.24) is 24.8 Å². The Morgan fingerprint density at radius 1 is 1.00 bits per heavy atom. The maximum absolute atomic E-state index is 13.8. The fourth-order valence-electron chi connectivity index (χ4n) is 5.79. The van der Waals surface area contributed by atoms with Gasteiger partial charge in [-0.15, -0.1) is 0 Å². The Balaban J connectivity index is 1.22. The maximum atomic E-state index is 13.8. The molecule has 218 valence electrons. The van der Waals surface area contributed by atoms with Gasteiger partial charge in [-0.2, -0.15) is 0 Å². The molecule has 2 saturated heterocycles. The first-order valence-corrected chi connectivity index (χ1v) is 15.3. The molecule has 3 N–H and O–H groups in total. The molecule has 41 heavy (non-hydrogen) atoms. The highest BCUT2D eigenvalue weighted by Gasteiger charge is 2.49. The lowest BCUT2D eigenvalue weighted by Gasteiger charge is -2.39. The molecule has 2 aliphatic rings. The summed E-state index contributed by atoms with van der Waals surface area (Å²) in [4.78, 5) is 46.7. The summed E-state index contributed by atoms with van der Waals surface area (Å²) in [6, 6.07) is 13.4. The number of rotatable bonds is 7. The number of nitrogens with one attached hydrogen (secondary N) is 3. The number of likely N-dealkylation sites (tertiary alicyclic amines) is 2. The number of H-pyrrole nitrogens is 1. The number of amides is 3. The van der Waals surface area contributed by atoms with Crippen LogP contribution >= 0.6 is 0 Å². The summed E-state index contributed by atoms with van der Waals surface area (Å²) in [7, 11) is -3.85. The van der Waals surface area contributed by atoms with Crippen molar-refractivity contribution in [3.8, 4) is 0 Å². The molecule has 2 bridgehead atoms. The lowest BCUT2D eigenvalue weighted by atomic mass is 9.85. The average molecular weight is 580 g/mol. The molecule has 3 heterocycles. The third-order valence-corrected chi connectivity index (χ3v) is 9.60. The number of hydrogen-bond donors (Lipinski definition) is 3. The van der Waals surface area contributed by atoms with Gasteiger partial charge in [0.15, 0.2) is 0 Å². The molecule has 11 heteroatoms. The van der Waals surface area contributed by atoms with Crippen LogP contribution in [0.3, 0.4) is 0 Å². The number of carbonyl (C=O) groups excluding carboxylic acids is 3. The van der Waals surface area contributed by atoms with Crippen LogP contribution in [0.15, 0.2) is 53.4 Å². The van der Waals surface area contributed by atoms with Crippen molar-refractivity contribution >= 4 is 38.6 Å². The van der Waals surface area contributed by atoms with Gasteiger partial charge in [-0.1, -0.05) is 51.1 Å². The van der Waals surface area contributed by atoms with Gasteiger partial charge in [0.2, 0.25) is 21.8 Å². The Labute approximate surface area is 240 Å². The van der Waals surface area contributed by atoms with Crippen molar-refractivity contribution in [2.24, 2.45) is 5.41 Å². The Hall–Kier alpha value is -3.70. The summed E-state index contributed by atoms with van der Waals surface area (Å²) < 4.78 is 28.2. The molecule has 3 amide bonds. The van der Waals surface area contributed by atoms with Gasteiger partial charge < -0.3 is 20.1 Å². The summed E-state index contributed by atoms with van der Waals surface area (Å²) in [5.41, 5.74) is 2.10. The molecule has 2 aromatic carbocycles. The molecule has 2 aliphatic heterocycles. The number of benzene rings is 2. The average Bonchev–Trinajstić information content (AvgIpc) is 3.65. The summed E-state index contributed by atoms with van der Waals surface area (Å²) in [6.07, 6.45) is 0.619. The number of aromatic amines is 1. The van der Waals surface area contributed by atoms with Gasteiger partial charge in [0, 0.05) is 24.0 Å². The van der Waals surface area contributed by atoms with E-state index < -0.39 is 21.5 Å². The molecule has 0 spiro atoms. The second-order valence-electron chi connectivity index (χ2n) is 12.2. The van der Waals surface area contributed by atoms with E-state index in [1.807, 2.05) is 58.0 Å². The number of nitrogens with zero attached hydrogens (tertiary/aromatic N) is 2. The standard InChI is InChI=1S/C30H37N5O5S/c1-18-10-11-19(2)25(12-18)41(39,40)31-15-26(36)34-16-22-14-21(34)17-35(22)29(38)27(30(3,4)5)33-28(37)24-13-20-8-6-7-9-23(20)32-24/h6-13,21-22,27,31-32H,14-17H2,1-5H3,(H,33,37)/t21-,22-,27+/m0/s1. The minimum atomic E-state index is -3.85. The van der Waals surface area contributed by atoms with Crippen LogP contribution in [0.5, 0.6) is 0 Å². The van der Waals surface area contributed by atoms with Crippen LogP contribution in [-0.4, -0.2) is 78.7 Å². The Morgan fingerprint density at radius 3 is 2.34 bits per heavy atom. The predicted molar refractivity (Wildman–Crippen MR) is 156 cm³/mol.